The summed E-state index contributed by atoms with van der Waals surface area (Å²) in [4.78, 5) is 19.4. The molecule has 2 aliphatic heterocycles. The van der Waals surface area contributed by atoms with Crippen LogP contribution in [0.3, 0.4) is 0 Å². The van der Waals surface area contributed by atoms with E-state index >= 15 is 0 Å². The fourth-order valence-electron chi connectivity index (χ4n) is 4.59. The third-order valence-corrected chi connectivity index (χ3v) is 8.30. The van der Waals surface area contributed by atoms with Crippen LogP contribution < -0.4 is 9.47 Å². The number of amides is 1. The number of carbonyl (C=O) groups is 1. The minimum Gasteiger partial charge on any atom is -0.487 e. The van der Waals surface area contributed by atoms with Gasteiger partial charge in [-0.25, -0.2) is 4.98 Å². The highest BCUT2D eigenvalue weighted by Gasteiger charge is 2.26. The molecule has 1 saturated heterocycles. The van der Waals surface area contributed by atoms with E-state index < -0.39 is 0 Å². The molecule has 1 unspecified atom stereocenters. The first-order valence-corrected chi connectivity index (χ1v) is 13.9. The van der Waals surface area contributed by atoms with Crippen LogP contribution in [0.2, 0.25) is 0 Å². The zero-order chi connectivity index (χ0) is 24.3. The first-order chi connectivity index (χ1) is 17.7. The largest absolute Gasteiger partial charge is 0.487 e. The second-order valence-corrected chi connectivity index (χ2v) is 10.7. The average Bonchev–Trinajstić information content (AvgIpc) is 3.53. The molecule has 2 aromatic heterocycles. The Bertz CT molecular complexity index is 1370. The lowest BCUT2D eigenvalue weighted by Gasteiger charge is -2.21. The Balaban J connectivity index is 1.32. The molecule has 4 aromatic rings. The van der Waals surface area contributed by atoms with Crippen molar-refractivity contribution in [1.29, 1.82) is 0 Å². The highest BCUT2D eigenvalue weighted by Crippen LogP contribution is 2.42. The van der Waals surface area contributed by atoms with Gasteiger partial charge in [0, 0.05) is 40.4 Å². The molecule has 0 aliphatic carbocycles. The SMILES string of the molecule is O=C(CSc1ccccn1)N1CCOc2c(cc(-c3csc4ccccc34)cc2OC2CCOC2)C1. The van der Waals surface area contributed by atoms with E-state index in [9.17, 15) is 4.79 Å². The van der Waals surface area contributed by atoms with Crippen molar-refractivity contribution in [2.45, 2.75) is 24.1 Å². The van der Waals surface area contributed by atoms with Crippen LogP contribution in [-0.2, 0) is 16.1 Å². The van der Waals surface area contributed by atoms with Gasteiger partial charge in [0.05, 0.1) is 30.5 Å². The van der Waals surface area contributed by atoms with Crippen molar-refractivity contribution in [3.8, 4) is 22.6 Å². The number of nitrogens with zero attached hydrogens (tertiary/aromatic N) is 2. The van der Waals surface area contributed by atoms with Crippen molar-refractivity contribution in [2.75, 3.05) is 32.1 Å². The van der Waals surface area contributed by atoms with Crippen LogP contribution in [0.5, 0.6) is 11.5 Å². The van der Waals surface area contributed by atoms with Crippen molar-refractivity contribution in [1.82, 2.24) is 9.88 Å². The van der Waals surface area contributed by atoms with Gasteiger partial charge in [-0.3, -0.25) is 4.79 Å². The fraction of sp³-hybridized carbons (Fsp3) is 0.286. The zero-order valence-corrected chi connectivity index (χ0v) is 21.4. The number of fused-ring (bicyclic) bond motifs is 2. The summed E-state index contributed by atoms with van der Waals surface area (Å²) in [6, 6.07) is 18.4. The summed E-state index contributed by atoms with van der Waals surface area (Å²) < 4.78 is 19.4. The molecule has 0 saturated carbocycles. The molecule has 8 heteroatoms. The minimum absolute atomic E-state index is 0.00271. The van der Waals surface area contributed by atoms with Crippen molar-refractivity contribution in [3.05, 3.63) is 71.7 Å². The molecular weight excluding hydrogens is 492 g/mol. The number of carbonyl (C=O) groups excluding carboxylic acids is 1. The molecule has 1 atom stereocenters. The van der Waals surface area contributed by atoms with E-state index in [4.69, 9.17) is 14.2 Å². The van der Waals surface area contributed by atoms with Gasteiger partial charge >= 0.3 is 0 Å². The van der Waals surface area contributed by atoms with Gasteiger partial charge in [0.1, 0.15) is 12.7 Å². The summed E-state index contributed by atoms with van der Waals surface area (Å²) in [6.45, 7) is 2.71. The molecular formula is C28H26N2O4S2. The zero-order valence-electron chi connectivity index (χ0n) is 19.7. The molecule has 0 radical (unpaired) electrons. The predicted molar refractivity (Wildman–Crippen MR) is 143 cm³/mol. The van der Waals surface area contributed by atoms with Crippen LogP contribution in [-0.4, -0.2) is 54.0 Å². The molecule has 184 valence electrons. The van der Waals surface area contributed by atoms with Gasteiger partial charge in [0.2, 0.25) is 5.91 Å². The van der Waals surface area contributed by atoms with Gasteiger partial charge in [-0.05, 0) is 41.3 Å². The topological polar surface area (TPSA) is 60.9 Å². The lowest BCUT2D eigenvalue weighted by molar-refractivity contribution is -0.129. The third-order valence-electron chi connectivity index (χ3n) is 6.41. The summed E-state index contributed by atoms with van der Waals surface area (Å²) in [6.07, 6.45) is 2.61. The molecule has 0 spiro atoms. The van der Waals surface area contributed by atoms with Gasteiger partial charge in [-0.1, -0.05) is 36.0 Å². The number of rotatable bonds is 6. The van der Waals surface area contributed by atoms with Crippen molar-refractivity contribution < 1.29 is 19.0 Å². The summed E-state index contributed by atoms with van der Waals surface area (Å²) >= 11 is 3.19. The van der Waals surface area contributed by atoms with Crippen LogP contribution in [0.15, 0.2) is 71.2 Å². The van der Waals surface area contributed by atoms with Crippen molar-refractivity contribution in [2.24, 2.45) is 0 Å². The fourth-order valence-corrected chi connectivity index (χ4v) is 6.32. The lowest BCUT2D eigenvalue weighted by atomic mass is 10.0. The van der Waals surface area contributed by atoms with E-state index in [0.717, 1.165) is 34.1 Å². The molecule has 2 aliphatic rings. The highest BCUT2D eigenvalue weighted by molar-refractivity contribution is 7.99. The number of pyridine rings is 1. The Morgan fingerprint density at radius 2 is 2.08 bits per heavy atom. The van der Waals surface area contributed by atoms with Crippen LogP contribution in [0.1, 0.15) is 12.0 Å². The van der Waals surface area contributed by atoms with E-state index in [1.807, 2.05) is 23.1 Å². The van der Waals surface area contributed by atoms with Gasteiger partial charge in [0.15, 0.2) is 11.5 Å². The van der Waals surface area contributed by atoms with Crippen LogP contribution >= 0.6 is 23.1 Å². The second-order valence-electron chi connectivity index (χ2n) is 8.83. The molecule has 6 rings (SSSR count). The minimum atomic E-state index is 0.00271. The van der Waals surface area contributed by atoms with E-state index in [0.29, 0.717) is 38.7 Å². The third kappa shape index (κ3) is 4.93. The molecule has 6 nitrogen and oxygen atoms in total. The van der Waals surface area contributed by atoms with Gasteiger partial charge in [-0.15, -0.1) is 11.3 Å². The van der Waals surface area contributed by atoms with Crippen LogP contribution in [0.25, 0.3) is 21.2 Å². The molecule has 4 heterocycles. The quantitative estimate of drug-likeness (QED) is 0.308. The summed E-state index contributed by atoms with van der Waals surface area (Å²) in [7, 11) is 0. The second kappa shape index (κ2) is 10.5. The monoisotopic (exact) mass is 518 g/mol. The molecule has 1 fully saturated rings. The Kier molecular flexibility index (Phi) is 6.81. The van der Waals surface area contributed by atoms with E-state index in [1.165, 1.54) is 27.4 Å². The summed E-state index contributed by atoms with van der Waals surface area (Å²) in [5.74, 6) is 1.87. The predicted octanol–water partition coefficient (Wildman–Crippen LogP) is 5.64. The lowest BCUT2D eigenvalue weighted by Crippen LogP contribution is -2.33. The van der Waals surface area contributed by atoms with E-state index in [2.05, 4.69) is 46.8 Å². The maximum absolute atomic E-state index is 13.2. The number of hydrogen-bond donors (Lipinski definition) is 0. The van der Waals surface area contributed by atoms with Gasteiger partial charge in [-0.2, -0.15) is 0 Å². The molecule has 36 heavy (non-hydrogen) atoms. The number of thiophene rings is 1. The molecule has 1 amide bonds. The number of aromatic nitrogens is 1. The standard InChI is InChI=1S/C28H26N2O4S2/c31-27(18-36-26-7-3-4-9-29-26)30-10-12-33-28-20(15-30)13-19(14-24(28)34-21-8-11-32-16-21)23-17-35-25-6-2-1-5-22(23)25/h1-7,9,13-14,17,21H,8,10-12,15-16,18H2. The van der Waals surface area contributed by atoms with Gasteiger partial charge < -0.3 is 19.1 Å². The first-order valence-electron chi connectivity index (χ1n) is 12.1. The Morgan fingerprint density at radius 3 is 2.94 bits per heavy atom. The summed E-state index contributed by atoms with van der Waals surface area (Å²) in [5, 5.41) is 4.25. The molecule has 0 N–H and O–H groups in total. The van der Waals surface area contributed by atoms with Gasteiger partial charge in [0.25, 0.3) is 0 Å². The average molecular weight is 519 g/mol. The van der Waals surface area contributed by atoms with Crippen LogP contribution in [0, 0.1) is 0 Å². The molecule has 0 bridgehead atoms. The normalized spacial score (nSPS) is 17.4. The smallest absolute Gasteiger partial charge is 0.233 e. The Morgan fingerprint density at radius 1 is 1.17 bits per heavy atom. The Hall–Kier alpha value is -3.07. The highest BCUT2D eigenvalue weighted by atomic mass is 32.2. The van der Waals surface area contributed by atoms with Crippen molar-refractivity contribution >= 4 is 39.1 Å². The summed E-state index contributed by atoms with van der Waals surface area (Å²) in [5.41, 5.74) is 3.20. The first kappa shape index (κ1) is 23.3. The maximum Gasteiger partial charge on any atom is 0.233 e. The Labute approximate surface area is 218 Å². The maximum atomic E-state index is 13.2. The van der Waals surface area contributed by atoms with E-state index in [-0.39, 0.29) is 12.0 Å². The molecule has 2 aromatic carbocycles. The number of hydrogen-bond acceptors (Lipinski definition) is 7. The number of ether oxygens (including phenoxy) is 3. The van der Waals surface area contributed by atoms with Crippen LogP contribution in [0.4, 0.5) is 0 Å². The van der Waals surface area contributed by atoms with E-state index in [1.54, 1.807) is 17.5 Å². The van der Waals surface area contributed by atoms with Crippen molar-refractivity contribution in [3.63, 3.8) is 0 Å². The number of thioether (sulfide) groups is 1. The number of benzene rings is 2.